The number of rotatable bonds is 4. The summed E-state index contributed by atoms with van der Waals surface area (Å²) in [6.07, 6.45) is 3.75. The van der Waals surface area contributed by atoms with E-state index >= 15 is 0 Å². The van der Waals surface area contributed by atoms with Gasteiger partial charge in [-0.3, -0.25) is 15.1 Å². The largest absolute Gasteiger partial charge is 0.324 e. The number of nitro benzene ring substituents is 1. The predicted octanol–water partition coefficient (Wildman–Crippen LogP) is 2.23. The van der Waals surface area contributed by atoms with Crippen molar-refractivity contribution < 1.29 is 4.92 Å². The van der Waals surface area contributed by atoms with E-state index in [0.29, 0.717) is 12.0 Å². The third-order valence-corrected chi connectivity index (χ3v) is 2.76. The Morgan fingerprint density at radius 2 is 1.89 bits per heavy atom. The number of nitro groups is 1. The zero-order valence-electron chi connectivity index (χ0n) is 9.69. The first-order chi connectivity index (χ1) is 8.68. The third kappa shape index (κ3) is 2.70. The molecule has 0 bridgehead atoms. The van der Waals surface area contributed by atoms with Gasteiger partial charge in [0.25, 0.3) is 5.69 Å². The van der Waals surface area contributed by atoms with E-state index < -0.39 is 0 Å². The lowest BCUT2D eigenvalue weighted by Crippen LogP contribution is -2.14. The molecule has 5 nitrogen and oxygen atoms in total. The number of hydrogen-bond acceptors (Lipinski definition) is 4. The van der Waals surface area contributed by atoms with Crippen LogP contribution in [0.5, 0.6) is 0 Å². The summed E-state index contributed by atoms with van der Waals surface area (Å²) in [5.41, 5.74) is 7.72. The molecule has 0 aliphatic carbocycles. The number of hydrogen-bond donors (Lipinski definition) is 1. The summed E-state index contributed by atoms with van der Waals surface area (Å²) in [5.74, 6) is 0. The molecule has 0 aliphatic rings. The van der Waals surface area contributed by atoms with Gasteiger partial charge in [-0.2, -0.15) is 0 Å². The fourth-order valence-electron chi connectivity index (χ4n) is 1.83. The summed E-state index contributed by atoms with van der Waals surface area (Å²) in [7, 11) is 0. The number of benzene rings is 1. The number of para-hydroxylation sites is 1. The minimum atomic E-state index is -0.380. The molecule has 1 atom stereocenters. The lowest BCUT2D eigenvalue weighted by molar-refractivity contribution is -0.385. The molecule has 0 spiro atoms. The van der Waals surface area contributed by atoms with Crippen LogP contribution in [0.3, 0.4) is 0 Å². The van der Waals surface area contributed by atoms with E-state index in [2.05, 4.69) is 4.98 Å². The second kappa shape index (κ2) is 5.37. The summed E-state index contributed by atoms with van der Waals surface area (Å²) in [5, 5.41) is 10.9. The zero-order chi connectivity index (χ0) is 13.0. The fourth-order valence-corrected chi connectivity index (χ4v) is 1.83. The molecule has 2 aromatic rings. The van der Waals surface area contributed by atoms with E-state index in [1.54, 1.807) is 30.6 Å². The number of nitrogens with zero attached hydrogens (tertiary/aromatic N) is 2. The maximum atomic E-state index is 10.9. The van der Waals surface area contributed by atoms with Crippen LogP contribution >= 0.6 is 0 Å². The van der Waals surface area contributed by atoms with Gasteiger partial charge < -0.3 is 5.73 Å². The highest BCUT2D eigenvalue weighted by Crippen LogP contribution is 2.23. The van der Waals surface area contributed by atoms with Crippen LogP contribution in [0, 0.1) is 10.1 Å². The predicted molar refractivity (Wildman–Crippen MR) is 68.0 cm³/mol. The minimum absolute atomic E-state index is 0.113. The van der Waals surface area contributed by atoms with Crippen LogP contribution in [0.25, 0.3) is 0 Å². The molecular formula is C13H13N3O2. The molecule has 0 amide bonds. The van der Waals surface area contributed by atoms with Gasteiger partial charge in [0.2, 0.25) is 0 Å². The highest BCUT2D eigenvalue weighted by molar-refractivity contribution is 5.40. The van der Waals surface area contributed by atoms with Gasteiger partial charge >= 0.3 is 0 Å². The topological polar surface area (TPSA) is 82.0 Å². The molecule has 92 valence electrons. The first-order valence-electron chi connectivity index (χ1n) is 5.56. The SMILES string of the molecule is NC(Cc1ccccc1[N+](=O)[O-])c1ccncc1. The van der Waals surface area contributed by atoms with Gasteiger partial charge in [0.1, 0.15) is 0 Å². The Balaban J connectivity index is 2.22. The lowest BCUT2D eigenvalue weighted by atomic mass is 9.99. The molecule has 2 rings (SSSR count). The molecule has 1 aromatic heterocycles. The van der Waals surface area contributed by atoms with Gasteiger partial charge in [0, 0.05) is 30.1 Å². The highest BCUT2D eigenvalue weighted by Gasteiger charge is 2.15. The van der Waals surface area contributed by atoms with Crippen LogP contribution < -0.4 is 5.73 Å². The fraction of sp³-hybridized carbons (Fsp3) is 0.154. The van der Waals surface area contributed by atoms with Gasteiger partial charge in [-0.25, -0.2) is 0 Å². The van der Waals surface area contributed by atoms with E-state index in [-0.39, 0.29) is 16.7 Å². The molecule has 1 aromatic carbocycles. The Morgan fingerprint density at radius 1 is 1.22 bits per heavy atom. The monoisotopic (exact) mass is 243 g/mol. The molecule has 0 saturated heterocycles. The Hall–Kier alpha value is -2.27. The molecule has 0 radical (unpaired) electrons. The smallest absolute Gasteiger partial charge is 0.272 e. The summed E-state index contributed by atoms with van der Waals surface area (Å²) in [6.45, 7) is 0. The summed E-state index contributed by atoms with van der Waals surface area (Å²) >= 11 is 0. The maximum absolute atomic E-state index is 10.9. The standard InChI is InChI=1S/C13H13N3O2/c14-12(10-5-7-15-8-6-10)9-11-3-1-2-4-13(11)16(17)18/h1-8,12H,9,14H2. The van der Waals surface area contributed by atoms with Crippen molar-refractivity contribution in [3.05, 3.63) is 70.0 Å². The first kappa shape index (κ1) is 12.2. The lowest BCUT2D eigenvalue weighted by Gasteiger charge is -2.11. The Kier molecular flexibility index (Phi) is 3.64. The van der Waals surface area contributed by atoms with Gasteiger partial charge in [0.05, 0.1) is 4.92 Å². The Labute approximate surface area is 104 Å². The van der Waals surface area contributed by atoms with Crippen molar-refractivity contribution in [3.8, 4) is 0 Å². The van der Waals surface area contributed by atoms with E-state index in [4.69, 9.17) is 5.73 Å². The summed E-state index contributed by atoms with van der Waals surface area (Å²) in [6, 6.07) is 10.0. The molecule has 1 unspecified atom stereocenters. The first-order valence-corrected chi connectivity index (χ1v) is 5.56. The van der Waals surface area contributed by atoms with Crippen molar-refractivity contribution in [2.24, 2.45) is 5.73 Å². The number of pyridine rings is 1. The highest BCUT2D eigenvalue weighted by atomic mass is 16.6. The van der Waals surface area contributed by atoms with Crippen molar-refractivity contribution in [1.29, 1.82) is 0 Å². The van der Waals surface area contributed by atoms with Crippen LogP contribution in [-0.4, -0.2) is 9.91 Å². The molecule has 18 heavy (non-hydrogen) atoms. The van der Waals surface area contributed by atoms with Crippen LogP contribution in [0.2, 0.25) is 0 Å². The number of nitrogens with two attached hydrogens (primary N) is 1. The van der Waals surface area contributed by atoms with Crippen LogP contribution in [0.1, 0.15) is 17.2 Å². The Bertz CT molecular complexity index is 543. The molecule has 5 heteroatoms. The van der Waals surface area contributed by atoms with Gasteiger partial charge in [0.15, 0.2) is 0 Å². The van der Waals surface area contributed by atoms with Crippen molar-refractivity contribution in [1.82, 2.24) is 4.98 Å². The molecule has 2 N–H and O–H groups in total. The minimum Gasteiger partial charge on any atom is -0.324 e. The normalized spacial score (nSPS) is 12.1. The quantitative estimate of drug-likeness (QED) is 0.659. The molecular weight excluding hydrogens is 230 g/mol. The van der Waals surface area contributed by atoms with E-state index in [0.717, 1.165) is 5.56 Å². The second-order valence-corrected chi connectivity index (χ2v) is 3.98. The van der Waals surface area contributed by atoms with E-state index in [1.165, 1.54) is 6.07 Å². The third-order valence-electron chi connectivity index (χ3n) is 2.76. The van der Waals surface area contributed by atoms with E-state index in [1.807, 2.05) is 12.1 Å². The van der Waals surface area contributed by atoms with Crippen molar-refractivity contribution in [2.45, 2.75) is 12.5 Å². The maximum Gasteiger partial charge on any atom is 0.272 e. The molecule has 1 heterocycles. The average Bonchev–Trinajstić information content (AvgIpc) is 2.40. The molecule has 0 saturated carbocycles. The van der Waals surface area contributed by atoms with Crippen molar-refractivity contribution in [3.63, 3.8) is 0 Å². The zero-order valence-corrected chi connectivity index (χ0v) is 9.69. The van der Waals surface area contributed by atoms with Gasteiger partial charge in [-0.1, -0.05) is 18.2 Å². The second-order valence-electron chi connectivity index (χ2n) is 3.98. The molecule has 0 aliphatic heterocycles. The summed E-state index contributed by atoms with van der Waals surface area (Å²) in [4.78, 5) is 14.4. The van der Waals surface area contributed by atoms with E-state index in [9.17, 15) is 10.1 Å². The van der Waals surface area contributed by atoms with Crippen LogP contribution in [0.4, 0.5) is 5.69 Å². The van der Waals surface area contributed by atoms with Gasteiger partial charge in [-0.15, -0.1) is 0 Å². The number of aromatic nitrogens is 1. The van der Waals surface area contributed by atoms with Crippen LogP contribution in [0.15, 0.2) is 48.8 Å². The molecule has 0 fully saturated rings. The van der Waals surface area contributed by atoms with Gasteiger partial charge in [-0.05, 0) is 24.1 Å². The Morgan fingerprint density at radius 3 is 2.56 bits per heavy atom. The van der Waals surface area contributed by atoms with Crippen LogP contribution in [-0.2, 0) is 6.42 Å². The van der Waals surface area contributed by atoms with Crippen molar-refractivity contribution >= 4 is 5.69 Å². The van der Waals surface area contributed by atoms with Crippen molar-refractivity contribution in [2.75, 3.05) is 0 Å². The summed E-state index contributed by atoms with van der Waals surface area (Å²) < 4.78 is 0. The average molecular weight is 243 g/mol.